The first kappa shape index (κ1) is 15.7. The fourth-order valence-electron chi connectivity index (χ4n) is 2.92. The molecule has 1 aliphatic heterocycles. The van der Waals surface area contributed by atoms with Crippen LogP contribution in [0.2, 0.25) is 0 Å². The number of likely N-dealkylation sites (tertiary alicyclic amines) is 1. The van der Waals surface area contributed by atoms with Crippen molar-refractivity contribution in [3.05, 3.63) is 48.3 Å². The van der Waals surface area contributed by atoms with Crippen LogP contribution in [-0.2, 0) is 11.3 Å². The quantitative estimate of drug-likeness (QED) is 0.833. The number of carbonyl (C=O) groups excluding carboxylic acids is 1. The average Bonchev–Trinajstić information content (AvgIpc) is 3.23. The SMILES string of the molecule is O=C(CN1CCCC1CO)NCc1cnn(-c2ccccc2)c1. The minimum absolute atomic E-state index is 0.0159. The summed E-state index contributed by atoms with van der Waals surface area (Å²) in [4.78, 5) is 14.1. The highest BCUT2D eigenvalue weighted by molar-refractivity contribution is 5.78. The molecule has 0 bridgehead atoms. The summed E-state index contributed by atoms with van der Waals surface area (Å²) in [5.74, 6) is -0.0159. The molecule has 122 valence electrons. The van der Waals surface area contributed by atoms with Gasteiger partial charge in [-0.25, -0.2) is 4.68 Å². The van der Waals surface area contributed by atoms with E-state index in [4.69, 9.17) is 0 Å². The number of hydrogen-bond donors (Lipinski definition) is 2. The van der Waals surface area contributed by atoms with Gasteiger partial charge in [0.2, 0.25) is 5.91 Å². The topological polar surface area (TPSA) is 70.4 Å². The molecule has 0 saturated carbocycles. The molecule has 1 aromatic heterocycles. The molecule has 1 unspecified atom stereocenters. The lowest BCUT2D eigenvalue weighted by atomic mass is 10.2. The third kappa shape index (κ3) is 3.97. The summed E-state index contributed by atoms with van der Waals surface area (Å²) in [7, 11) is 0. The normalized spacial score (nSPS) is 18.2. The Labute approximate surface area is 135 Å². The zero-order valence-corrected chi connectivity index (χ0v) is 13.1. The maximum atomic E-state index is 12.0. The van der Waals surface area contributed by atoms with Gasteiger partial charge in [-0.3, -0.25) is 9.69 Å². The molecule has 1 saturated heterocycles. The van der Waals surface area contributed by atoms with Crippen molar-refractivity contribution in [1.29, 1.82) is 0 Å². The van der Waals surface area contributed by atoms with Crippen LogP contribution in [0.5, 0.6) is 0 Å². The molecule has 1 aliphatic rings. The Bertz CT molecular complexity index is 641. The summed E-state index contributed by atoms with van der Waals surface area (Å²) < 4.78 is 1.80. The minimum atomic E-state index is -0.0159. The Morgan fingerprint density at radius 2 is 2.17 bits per heavy atom. The lowest BCUT2D eigenvalue weighted by molar-refractivity contribution is -0.122. The zero-order chi connectivity index (χ0) is 16.1. The molecule has 0 radical (unpaired) electrons. The molecule has 1 amide bonds. The number of aliphatic hydroxyl groups excluding tert-OH is 1. The second kappa shape index (κ2) is 7.39. The van der Waals surface area contributed by atoms with Crippen molar-refractivity contribution in [2.45, 2.75) is 25.4 Å². The molecule has 2 N–H and O–H groups in total. The van der Waals surface area contributed by atoms with E-state index in [1.807, 2.05) is 41.4 Å². The van der Waals surface area contributed by atoms with Crippen LogP contribution in [0.25, 0.3) is 5.69 Å². The van der Waals surface area contributed by atoms with E-state index in [-0.39, 0.29) is 18.6 Å². The molecule has 2 heterocycles. The van der Waals surface area contributed by atoms with Crippen LogP contribution < -0.4 is 5.32 Å². The van der Waals surface area contributed by atoms with Crippen molar-refractivity contribution < 1.29 is 9.90 Å². The second-order valence-electron chi connectivity index (χ2n) is 5.85. The fraction of sp³-hybridized carbons (Fsp3) is 0.412. The average molecular weight is 314 g/mol. The van der Waals surface area contributed by atoms with E-state index < -0.39 is 0 Å². The van der Waals surface area contributed by atoms with Gasteiger partial charge >= 0.3 is 0 Å². The van der Waals surface area contributed by atoms with E-state index in [1.54, 1.807) is 10.9 Å². The van der Waals surface area contributed by atoms with Crippen molar-refractivity contribution in [2.75, 3.05) is 19.7 Å². The van der Waals surface area contributed by atoms with E-state index in [0.717, 1.165) is 30.6 Å². The van der Waals surface area contributed by atoms with Gasteiger partial charge in [0.25, 0.3) is 0 Å². The van der Waals surface area contributed by atoms with E-state index in [0.29, 0.717) is 13.1 Å². The van der Waals surface area contributed by atoms with Crippen molar-refractivity contribution in [3.63, 3.8) is 0 Å². The lowest BCUT2D eigenvalue weighted by Gasteiger charge is -2.21. The Balaban J connectivity index is 1.51. The predicted octanol–water partition coefficient (Wildman–Crippen LogP) is 0.945. The Morgan fingerprint density at radius 3 is 2.96 bits per heavy atom. The molecule has 23 heavy (non-hydrogen) atoms. The number of aromatic nitrogens is 2. The van der Waals surface area contributed by atoms with Crippen LogP contribution in [-0.4, -0.2) is 51.4 Å². The van der Waals surface area contributed by atoms with Gasteiger partial charge in [0.15, 0.2) is 0 Å². The molecule has 6 nitrogen and oxygen atoms in total. The summed E-state index contributed by atoms with van der Waals surface area (Å²) in [5, 5.41) is 16.5. The van der Waals surface area contributed by atoms with Crippen LogP contribution in [0.15, 0.2) is 42.7 Å². The molecule has 0 spiro atoms. The highest BCUT2D eigenvalue weighted by atomic mass is 16.3. The minimum Gasteiger partial charge on any atom is -0.395 e. The number of hydrogen-bond acceptors (Lipinski definition) is 4. The zero-order valence-electron chi connectivity index (χ0n) is 13.1. The van der Waals surface area contributed by atoms with Crippen molar-refractivity contribution in [1.82, 2.24) is 20.0 Å². The molecule has 1 atom stereocenters. The van der Waals surface area contributed by atoms with Gasteiger partial charge in [0, 0.05) is 24.3 Å². The van der Waals surface area contributed by atoms with E-state index in [9.17, 15) is 9.90 Å². The van der Waals surface area contributed by atoms with Gasteiger partial charge in [0.1, 0.15) is 0 Å². The lowest BCUT2D eigenvalue weighted by Crippen LogP contribution is -2.40. The van der Waals surface area contributed by atoms with Crippen molar-refractivity contribution in [2.24, 2.45) is 0 Å². The van der Waals surface area contributed by atoms with Gasteiger partial charge < -0.3 is 10.4 Å². The third-order valence-electron chi connectivity index (χ3n) is 4.20. The number of benzene rings is 1. The van der Waals surface area contributed by atoms with Crippen LogP contribution >= 0.6 is 0 Å². The summed E-state index contributed by atoms with van der Waals surface area (Å²) in [6.45, 7) is 1.81. The summed E-state index contributed by atoms with van der Waals surface area (Å²) in [6, 6.07) is 9.99. The molecule has 2 aromatic rings. The molecular weight excluding hydrogens is 292 g/mol. The predicted molar refractivity (Wildman–Crippen MR) is 87.1 cm³/mol. The van der Waals surface area contributed by atoms with Crippen LogP contribution in [0.3, 0.4) is 0 Å². The molecule has 6 heteroatoms. The monoisotopic (exact) mass is 314 g/mol. The molecule has 3 rings (SSSR count). The largest absolute Gasteiger partial charge is 0.395 e. The first-order valence-corrected chi connectivity index (χ1v) is 7.97. The molecular formula is C17H22N4O2. The third-order valence-corrected chi connectivity index (χ3v) is 4.20. The van der Waals surface area contributed by atoms with Crippen LogP contribution in [0, 0.1) is 0 Å². The van der Waals surface area contributed by atoms with Crippen molar-refractivity contribution >= 4 is 5.91 Å². The molecule has 1 fully saturated rings. The van der Waals surface area contributed by atoms with E-state index in [1.165, 1.54) is 0 Å². The van der Waals surface area contributed by atoms with E-state index >= 15 is 0 Å². The Hall–Kier alpha value is -2.18. The number of aliphatic hydroxyl groups is 1. The Kier molecular flexibility index (Phi) is 5.05. The van der Waals surface area contributed by atoms with Gasteiger partial charge in [0.05, 0.1) is 25.0 Å². The van der Waals surface area contributed by atoms with E-state index in [2.05, 4.69) is 10.4 Å². The Morgan fingerprint density at radius 1 is 1.35 bits per heavy atom. The van der Waals surface area contributed by atoms with Crippen LogP contribution in [0.4, 0.5) is 0 Å². The molecule has 1 aromatic carbocycles. The van der Waals surface area contributed by atoms with Gasteiger partial charge in [-0.05, 0) is 31.5 Å². The number of para-hydroxylation sites is 1. The summed E-state index contributed by atoms with van der Waals surface area (Å²) in [6.07, 6.45) is 5.69. The maximum absolute atomic E-state index is 12.0. The highest BCUT2D eigenvalue weighted by Gasteiger charge is 2.25. The fourth-order valence-corrected chi connectivity index (χ4v) is 2.92. The standard InChI is InChI=1S/C17H22N4O2/c22-13-16-7-4-8-20(16)12-17(23)18-9-14-10-19-21(11-14)15-5-2-1-3-6-15/h1-3,5-6,10-11,16,22H,4,7-9,12-13H2,(H,18,23). The smallest absolute Gasteiger partial charge is 0.234 e. The summed E-state index contributed by atoms with van der Waals surface area (Å²) in [5.41, 5.74) is 1.95. The number of carbonyl (C=O) groups is 1. The van der Waals surface area contributed by atoms with Gasteiger partial charge in [-0.1, -0.05) is 18.2 Å². The second-order valence-corrected chi connectivity index (χ2v) is 5.85. The first-order valence-electron chi connectivity index (χ1n) is 7.97. The van der Waals surface area contributed by atoms with Gasteiger partial charge in [-0.2, -0.15) is 5.10 Å². The van der Waals surface area contributed by atoms with Crippen molar-refractivity contribution in [3.8, 4) is 5.69 Å². The highest BCUT2D eigenvalue weighted by Crippen LogP contribution is 2.15. The first-order chi connectivity index (χ1) is 11.3. The van der Waals surface area contributed by atoms with Crippen LogP contribution in [0.1, 0.15) is 18.4 Å². The number of amides is 1. The number of nitrogens with zero attached hydrogens (tertiary/aromatic N) is 3. The maximum Gasteiger partial charge on any atom is 0.234 e. The summed E-state index contributed by atoms with van der Waals surface area (Å²) >= 11 is 0. The molecule has 0 aliphatic carbocycles. The number of rotatable bonds is 6. The van der Waals surface area contributed by atoms with Gasteiger partial charge in [-0.15, -0.1) is 0 Å². The number of nitrogens with one attached hydrogen (secondary N) is 1.